The number of ether oxygens (including phenoxy) is 1. The second-order valence-corrected chi connectivity index (χ2v) is 5.07. The Morgan fingerprint density at radius 1 is 1.41 bits per heavy atom. The highest BCUT2D eigenvalue weighted by molar-refractivity contribution is 5.75. The van der Waals surface area contributed by atoms with Crippen LogP contribution >= 0.6 is 0 Å². The summed E-state index contributed by atoms with van der Waals surface area (Å²) in [6, 6.07) is 0.174. The zero-order valence-electron chi connectivity index (χ0n) is 11.5. The Bertz CT molecular complexity index is 238. The highest BCUT2D eigenvalue weighted by Gasteiger charge is 2.25. The van der Waals surface area contributed by atoms with Crippen LogP contribution in [0.25, 0.3) is 0 Å². The summed E-state index contributed by atoms with van der Waals surface area (Å²) in [4.78, 5) is 13.9. The number of likely N-dealkylation sites (tertiary alicyclic amines) is 1. The highest BCUT2D eigenvalue weighted by atomic mass is 16.5. The Labute approximate surface area is 105 Å². The van der Waals surface area contributed by atoms with Crippen molar-refractivity contribution in [3.63, 3.8) is 0 Å². The Balaban J connectivity index is 2.32. The van der Waals surface area contributed by atoms with E-state index >= 15 is 0 Å². The predicted octanol–water partition coefficient (Wildman–Crippen LogP) is 1.26. The van der Waals surface area contributed by atoms with Crippen molar-refractivity contribution >= 4 is 5.97 Å². The van der Waals surface area contributed by atoms with Crippen LogP contribution in [-0.4, -0.2) is 49.7 Å². The SMILES string of the molecule is CCOC(=O)C(C)NC(C)C1CCN(C)CC1. The number of piperidine rings is 1. The van der Waals surface area contributed by atoms with Crippen molar-refractivity contribution in [2.75, 3.05) is 26.7 Å². The summed E-state index contributed by atoms with van der Waals surface area (Å²) in [5.74, 6) is 0.523. The molecule has 1 aliphatic heterocycles. The first-order valence-electron chi connectivity index (χ1n) is 6.65. The molecular formula is C13H26N2O2. The van der Waals surface area contributed by atoms with Crippen LogP contribution in [0.2, 0.25) is 0 Å². The van der Waals surface area contributed by atoms with Gasteiger partial charge in [-0.2, -0.15) is 0 Å². The van der Waals surface area contributed by atoms with Gasteiger partial charge in [-0.3, -0.25) is 4.79 Å². The lowest BCUT2D eigenvalue weighted by atomic mass is 9.90. The highest BCUT2D eigenvalue weighted by Crippen LogP contribution is 2.19. The maximum atomic E-state index is 11.5. The van der Waals surface area contributed by atoms with E-state index in [9.17, 15) is 4.79 Å². The van der Waals surface area contributed by atoms with Crippen LogP contribution < -0.4 is 5.32 Å². The maximum Gasteiger partial charge on any atom is 0.322 e. The van der Waals surface area contributed by atoms with Gasteiger partial charge in [-0.1, -0.05) is 0 Å². The van der Waals surface area contributed by atoms with Gasteiger partial charge in [0.25, 0.3) is 0 Å². The average molecular weight is 242 g/mol. The lowest BCUT2D eigenvalue weighted by Crippen LogP contribution is -2.46. The molecule has 4 nitrogen and oxygen atoms in total. The van der Waals surface area contributed by atoms with Gasteiger partial charge in [0.2, 0.25) is 0 Å². The third kappa shape index (κ3) is 4.64. The topological polar surface area (TPSA) is 41.6 Å². The Hall–Kier alpha value is -0.610. The van der Waals surface area contributed by atoms with Crippen molar-refractivity contribution < 1.29 is 9.53 Å². The van der Waals surface area contributed by atoms with Gasteiger partial charge in [0.1, 0.15) is 6.04 Å². The zero-order chi connectivity index (χ0) is 12.8. The molecule has 0 aromatic rings. The van der Waals surface area contributed by atoms with Crippen LogP contribution in [0.15, 0.2) is 0 Å². The fraction of sp³-hybridized carbons (Fsp3) is 0.923. The minimum atomic E-state index is -0.204. The number of esters is 1. The zero-order valence-corrected chi connectivity index (χ0v) is 11.5. The lowest BCUT2D eigenvalue weighted by Gasteiger charge is -2.34. The van der Waals surface area contributed by atoms with E-state index in [0.717, 1.165) is 13.1 Å². The summed E-state index contributed by atoms with van der Waals surface area (Å²) >= 11 is 0. The number of carbonyl (C=O) groups excluding carboxylic acids is 1. The van der Waals surface area contributed by atoms with Gasteiger partial charge >= 0.3 is 5.97 Å². The molecule has 4 heteroatoms. The second-order valence-electron chi connectivity index (χ2n) is 5.07. The molecule has 1 heterocycles. The van der Waals surface area contributed by atoms with Crippen LogP contribution in [-0.2, 0) is 9.53 Å². The average Bonchev–Trinajstić information content (AvgIpc) is 2.30. The van der Waals surface area contributed by atoms with Crippen molar-refractivity contribution in [3.05, 3.63) is 0 Å². The molecule has 1 N–H and O–H groups in total. The van der Waals surface area contributed by atoms with Crippen molar-refractivity contribution in [2.45, 2.75) is 45.7 Å². The molecule has 17 heavy (non-hydrogen) atoms. The van der Waals surface area contributed by atoms with Crippen LogP contribution in [0.5, 0.6) is 0 Å². The first-order valence-corrected chi connectivity index (χ1v) is 6.65. The molecule has 0 aromatic carbocycles. The summed E-state index contributed by atoms with van der Waals surface area (Å²) in [7, 11) is 2.16. The standard InChI is InChI=1S/C13H26N2O2/c1-5-17-13(16)11(3)14-10(2)12-6-8-15(4)9-7-12/h10-12,14H,5-9H2,1-4H3. The largest absolute Gasteiger partial charge is 0.465 e. The van der Waals surface area contributed by atoms with Crippen molar-refractivity contribution in [3.8, 4) is 0 Å². The third-order valence-electron chi connectivity index (χ3n) is 3.62. The van der Waals surface area contributed by atoms with Gasteiger partial charge in [-0.25, -0.2) is 0 Å². The molecule has 0 spiro atoms. The number of rotatable bonds is 5. The van der Waals surface area contributed by atoms with Crippen LogP contribution in [0.4, 0.5) is 0 Å². The molecule has 0 aromatic heterocycles. The van der Waals surface area contributed by atoms with Crippen molar-refractivity contribution in [2.24, 2.45) is 5.92 Å². The number of carbonyl (C=O) groups is 1. The minimum Gasteiger partial charge on any atom is -0.465 e. The number of nitrogens with one attached hydrogen (secondary N) is 1. The van der Waals surface area contributed by atoms with Gasteiger partial charge in [-0.15, -0.1) is 0 Å². The van der Waals surface area contributed by atoms with Gasteiger partial charge < -0.3 is 15.0 Å². The quantitative estimate of drug-likeness (QED) is 0.737. The van der Waals surface area contributed by atoms with E-state index in [0.29, 0.717) is 18.6 Å². The van der Waals surface area contributed by atoms with E-state index in [1.165, 1.54) is 12.8 Å². The van der Waals surface area contributed by atoms with E-state index in [1.54, 1.807) is 0 Å². The maximum absolute atomic E-state index is 11.5. The van der Waals surface area contributed by atoms with E-state index in [2.05, 4.69) is 24.2 Å². The fourth-order valence-electron chi connectivity index (χ4n) is 2.39. The molecule has 1 rings (SSSR count). The monoisotopic (exact) mass is 242 g/mol. The fourth-order valence-corrected chi connectivity index (χ4v) is 2.39. The number of hydrogen-bond donors (Lipinski definition) is 1. The Morgan fingerprint density at radius 2 is 2.00 bits per heavy atom. The summed E-state index contributed by atoms with van der Waals surface area (Å²) in [5, 5.41) is 3.36. The molecule has 0 aliphatic carbocycles. The number of nitrogens with zero attached hydrogens (tertiary/aromatic N) is 1. The molecule has 0 amide bonds. The molecule has 0 bridgehead atoms. The molecular weight excluding hydrogens is 216 g/mol. The molecule has 2 unspecified atom stereocenters. The molecule has 100 valence electrons. The molecule has 1 aliphatic rings. The smallest absolute Gasteiger partial charge is 0.322 e. The van der Waals surface area contributed by atoms with E-state index in [-0.39, 0.29) is 12.0 Å². The summed E-state index contributed by atoms with van der Waals surface area (Å²) in [6.45, 7) is 8.66. The molecule has 0 saturated carbocycles. The van der Waals surface area contributed by atoms with E-state index in [4.69, 9.17) is 4.74 Å². The first-order chi connectivity index (χ1) is 8.04. The van der Waals surface area contributed by atoms with Gasteiger partial charge in [0.05, 0.1) is 6.61 Å². The molecule has 2 atom stereocenters. The van der Waals surface area contributed by atoms with Crippen molar-refractivity contribution in [1.82, 2.24) is 10.2 Å². The number of hydrogen-bond acceptors (Lipinski definition) is 4. The summed E-state index contributed by atoms with van der Waals surface area (Å²) < 4.78 is 5.00. The molecule has 0 radical (unpaired) electrons. The predicted molar refractivity (Wildman–Crippen MR) is 68.9 cm³/mol. The van der Waals surface area contributed by atoms with Crippen LogP contribution in [0, 0.1) is 5.92 Å². The van der Waals surface area contributed by atoms with E-state index in [1.807, 2.05) is 13.8 Å². The Morgan fingerprint density at radius 3 is 2.53 bits per heavy atom. The van der Waals surface area contributed by atoms with Gasteiger partial charge in [0.15, 0.2) is 0 Å². The Kier molecular flexibility index (Phi) is 5.92. The minimum absolute atomic E-state index is 0.146. The molecule has 1 fully saturated rings. The normalized spacial score (nSPS) is 22.1. The van der Waals surface area contributed by atoms with Crippen LogP contribution in [0.3, 0.4) is 0 Å². The van der Waals surface area contributed by atoms with E-state index < -0.39 is 0 Å². The first kappa shape index (κ1) is 14.5. The van der Waals surface area contributed by atoms with Crippen LogP contribution in [0.1, 0.15) is 33.6 Å². The second kappa shape index (κ2) is 6.97. The third-order valence-corrected chi connectivity index (χ3v) is 3.62. The molecule has 1 saturated heterocycles. The van der Waals surface area contributed by atoms with Gasteiger partial charge in [-0.05, 0) is 59.7 Å². The lowest BCUT2D eigenvalue weighted by molar-refractivity contribution is -0.145. The summed E-state index contributed by atoms with van der Waals surface area (Å²) in [5.41, 5.74) is 0. The summed E-state index contributed by atoms with van der Waals surface area (Å²) in [6.07, 6.45) is 2.42. The van der Waals surface area contributed by atoms with Gasteiger partial charge in [0, 0.05) is 6.04 Å². The van der Waals surface area contributed by atoms with Crippen molar-refractivity contribution in [1.29, 1.82) is 0 Å².